The van der Waals surface area contributed by atoms with E-state index in [1.807, 2.05) is 54.6 Å². The van der Waals surface area contributed by atoms with Crippen LogP contribution in [0.5, 0.6) is 0 Å². The SMILES string of the molecule is Cc1cc(C)c2/c(=N/Nc3nc4ccccc4s3)cc(-c3ccc(Cl)cc3)oc2c1. The van der Waals surface area contributed by atoms with Gasteiger partial charge in [-0.2, -0.15) is 5.10 Å². The molecule has 0 fully saturated rings. The number of nitrogens with zero attached hydrogens (tertiary/aromatic N) is 2. The Kier molecular flexibility index (Phi) is 4.77. The fourth-order valence-corrected chi connectivity index (χ4v) is 4.49. The van der Waals surface area contributed by atoms with Crippen LogP contribution in [-0.2, 0) is 0 Å². The quantitative estimate of drug-likeness (QED) is 0.316. The third-order valence-corrected chi connectivity index (χ3v) is 6.08. The minimum absolute atomic E-state index is 0.689. The van der Waals surface area contributed by atoms with E-state index in [4.69, 9.17) is 21.1 Å². The monoisotopic (exact) mass is 431 g/mol. The van der Waals surface area contributed by atoms with Gasteiger partial charge in [0.25, 0.3) is 0 Å². The molecule has 6 heteroatoms. The van der Waals surface area contributed by atoms with E-state index < -0.39 is 0 Å². The molecule has 0 atom stereocenters. The number of nitrogens with one attached hydrogen (secondary N) is 1. The summed E-state index contributed by atoms with van der Waals surface area (Å²) in [5.41, 5.74) is 8.09. The van der Waals surface area contributed by atoms with Crippen molar-refractivity contribution in [3.05, 3.63) is 88.2 Å². The van der Waals surface area contributed by atoms with Crippen molar-refractivity contribution in [3.63, 3.8) is 0 Å². The molecule has 2 aromatic heterocycles. The van der Waals surface area contributed by atoms with Crippen LogP contribution in [0.25, 0.3) is 32.5 Å². The van der Waals surface area contributed by atoms with Gasteiger partial charge in [-0.05, 0) is 67.4 Å². The number of aryl methyl sites for hydroxylation is 2. The summed E-state index contributed by atoms with van der Waals surface area (Å²) in [6.07, 6.45) is 0. The number of anilines is 1. The van der Waals surface area contributed by atoms with E-state index in [0.717, 1.165) is 54.1 Å². The fourth-order valence-electron chi connectivity index (χ4n) is 3.55. The Hall–Kier alpha value is -3.15. The molecule has 30 heavy (non-hydrogen) atoms. The van der Waals surface area contributed by atoms with Crippen LogP contribution >= 0.6 is 22.9 Å². The first-order valence-corrected chi connectivity index (χ1v) is 10.7. The van der Waals surface area contributed by atoms with Crippen LogP contribution in [0.2, 0.25) is 5.02 Å². The van der Waals surface area contributed by atoms with E-state index in [0.29, 0.717) is 5.02 Å². The minimum atomic E-state index is 0.689. The fraction of sp³-hybridized carbons (Fsp3) is 0.0833. The van der Waals surface area contributed by atoms with E-state index in [-0.39, 0.29) is 0 Å². The van der Waals surface area contributed by atoms with Gasteiger partial charge in [0.05, 0.1) is 15.6 Å². The van der Waals surface area contributed by atoms with Crippen molar-refractivity contribution in [2.45, 2.75) is 13.8 Å². The molecule has 0 saturated carbocycles. The summed E-state index contributed by atoms with van der Waals surface area (Å²) in [4.78, 5) is 4.61. The lowest BCUT2D eigenvalue weighted by atomic mass is 10.1. The number of fused-ring (bicyclic) bond motifs is 2. The van der Waals surface area contributed by atoms with Gasteiger partial charge in [-0.15, -0.1) is 0 Å². The van der Waals surface area contributed by atoms with Gasteiger partial charge in [0.15, 0.2) is 0 Å². The molecule has 4 nitrogen and oxygen atoms in total. The van der Waals surface area contributed by atoms with E-state index in [9.17, 15) is 0 Å². The predicted molar refractivity (Wildman–Crippen MR) is 125 cm³/mol. The summed E-state index contributed by atoms with van der Waals surface area (Å²) in [6, 6.07) is 21.8. The summed E-state index contributed by atoms with van der Waals surface area (Å²) >= 11 is 7.63. The van der Waals surface area contributed by atoms with Gasteiger partial charge in [0.2, 0.25) is 5.13 Å². The van der Waals surface area contributed by atoms with Crippen LogP contribution < -0.4 is 10.8 Å². The zero-order valence-corrected chi connectivity index (χ0v) is 18.0. The third kappa shape index (κ3) is 3.58. The van der Waals surface area contributed by atoms with Crippen LogP contribution in [0.4, 0.5) is 5.13 Å². The smallest absolute Gasteiger partial charge is 0.204 e. The summed E-state index contributed by atoms with van der Waals surface area (Å²) in [5.74, 6) is 0.731. The van der Waals surface area contributed by atoms with Gasteiger partial charge in [0, 0.05) is 22.0 Å². The van der Waals surface area contributed by atoms with Crippen molar-refractivity contribution < 1.29 is 4.42 Å². The molecular weight excluding hydrogens is 414 g/mol. The Morgan fingerprint density at radius 3 is 2.60 bits per heavy atom. The van der Waals surface area contributed by atoms with Gasteiger partial charge >= 0.3 is 0 Å². The number of hydrogen-bond donors (Lipinski definition) is 1. The lowest BCUT2D eigenvalue weighted by molar-refractivity contribution is 0.617. The van der Waals surface area contributed by atoms with E-state index in [1.54, 1.807) is 11.3 Å². The molecule has 0 aliphatic carbocycles. The largest absolute Gasteiger partial charge is 0.456 e. The summed E-state index contributed by atoms with van der Waals surface area (Å²) in [6.45, 7) is 4.14. The van der Waals surface area contributed by atoms with Crippen molar-refractivity contribution in [3.8, 4) is 11.3 Å². The minimum Gasteiger partial charge on any atom is -0.456 e. The number of thiazole rings is 1. The number of benzene rings is 3. The molecule has 3 aromatic carbocycles. The molecule has 148 valence electrons. The van der Waals surface area contributed by atoms with Crippen molar-refractivity contribution in [1.82, 2.24) is 4.98 Å². The van der Waals surface area contributed by atoms with Crippen molar-refractivity contribution in [2.75, 3.05) is 5.43 Å². The molecule has 0 aliphatic heterocycles. The Morgan fingerprint density at radius 1 is 1.00 bits per heavy atom. The molecule has 0 radical (unpaired) electrons. The van der Waals surface area contributed by atoms with Gasteiger partial charge in [-0.3, -0.25) is 5.43 Å². The lowest BCUT2D eigenvalue weighted by Gasteiger charge is -2.08. The van der Waals surface area contributed by atoms with Crippen LogP contribution in [-0.4, -0.2) is 4.98 Å². The number of para-hydroxylation sites is 1. The van der Waals surface area contributed by atoms with Crippen molar-refractivity contribution >= 4 is 49.3 Å². The predicted octanol–water partition coefficient (Wildman–Crippen LogP) is 6.91. The zero-order valence-electron chi connectivity index (χ0n) is 16.4. The van der Waals surface area contributed by atoms with Gasteiger partial charge < -0.3 is 4.42 Å². The topological polar surface area (TPSA) is 50.4 Å². The van der Waals surface area contributed by atoms with Gasteiger partial charge in [-0.1, -0.05) is 41.1 Å². The summed E-state index contributed by atoms with van der Waals surface area (Å²) in [5, 5.41) is 7.93. The molecule has 0 spiro atoms. The van der Waals surface area contributed by atoms with Gasteiger partial charge in [-0.25, -0.2) is 4.98 Å². The van der Waals surface area contributed by atoms with Gasteiger partial charge in [0.1, 0.15) is 11.3 Å². The Labute approximate surface area is 182 Å². The number of halogens is 1. The highest BCUT2D eigenvalue weighted by Crippen LogP contribution is 2.27. The van der Waals surface area contributed by atoms with Crippen molar-refractivity contribution in [1.29, 1.82) is 0 Å². The van der Waals surface area contributed by atoms with Crippen LogP contribution in [0.1, 0.15) is 11.1 Å². The molecule has 0 saturated heterocycles. The van der Waals surface area contributed by atoms with Crippen LogP contribution in [0.15, 0.2) is 76.2 Å². The maximum atomic E-state index is 6.25. The van der Waals surface area contributed by atoms with Crippen molar-refractivity contribution in [2.24, 2.45) is 5.10 Å². The Balaban J connectivity index is 1.68. The summed E-state index contributed by atoms with van der Waals surface area (Å²) < 4.78 is 7.37. The van der Waals surface area contributed by atoms with Crippen LogP contribution in [0.3, 0.4) is 0 Å². The lowest BCUT2D eigenvalue weighted by Crippen LogP contribution is -2.09. The standard InChI is InChI=1S/C24H18ClN3OS/c1-14-11-15(2)23-19(27-28-24-26-18-5-3-4-6-22(18)30-24)13-20(29-21(23)12-14)16-7-9-17(25)10-8-16/h3-13H,1-2H3,(H,26,28)/b27-19+. The molecule has 5 rings (SSSR count). The Morgan fingerprint density at radius 2 is 1.80 bits per heavy atom. The number of hydrogen-bond acceptors (Lipinski definition) is 5. The normalized spacial score (nSPS) is 12.0. The number of rotatable bonds is 3. The first-order chi connectivity index (χ1) is 14.6. The highest BCUT2D eigenvalue weighted by atomic mass is 35.5. The molecule has 0 aliphatic rings. The molecule has 0 bridgehead atoms. The average Bonchev–Trinajstić information content (AvgIpc) is 3.15. The molecule has 1 N–H and O–H groups in total. The Bertz CT molecular complexity index is 1420. The highest BCUT2D eigenvalue weighted by molar-refractivity contribution is 7.22. The maximum Gasteiger partial charge on any atom is 0.204 e. The maximum absolute atomic E-state index is 6.25. The first-order valence-electron chi connectivity index (χ1n) is 9.53. The second-order valence-corrected chi connectivity index (χ2v) is 8.64. The second-order valence-electron chi connectivity index (χ2n) is 7.17. The molecule has 0 amide bonds. The average molecular weight is 432 g/mol. The molecule has 5 aromatic rings. The molecular formula is C24H18ClN3OS. The molecule has 2 heterocycles. The first kappa shape index (κ1) is 18.9. The molecule has 0 unspecified atom stereocenters. The summed E-state index contributed by atoms with van der Waals surface area (Å²) in [7, 11) is 0. The zero-order chi connectivity index (χ0) is 20.7. The van der Waals surface area contributed by atoms with Crippen LogP contribution in [0, 0.1) is 13.8 Å². The third-order valence-electron chi connectivity index (χ3n) is 4.88. The second kappa shape index (κ2) is 7.59. The number of aromatic nitrogens is 1. The van der Waals surface area contributed by atoms with E-state index in [1.165, 1.54) is 0 Å². The van der Waals surface area contributed by atoms with E-state index >= 15 is 0 Å². The van der Waals surface area contributed by atoms with E-state index in [2.05, 4.69) is 36.4 Å². The highest BCUT2D eigenvalue weighted by Gasteiger charge is 2.10.